The van der Waals surface area contributed by atoms with Crippen molar-refractivity contribution in [2.24, 2.45) is 10.9 Å². The van der Waals surface area contributed by atoms with E-state index < -0.39 is 0 Å². The molecule has 108 valence electrons. The van der Waals surface area contributed by atoms with E-state index in [1.807, 2.05) is 18.9 Å². The van der Waals surface area contributed by atoms with Crippen molar-refractivity contribution in [3.05, 3.63) is 0 Å². The van der Waals surface area contributed by atoms with Gasteiger partial charge in [-0.05, 0) is 32.2 Å². The molecule has 0 unspecified atom stereocenters. The standard InChI is InChI=1S/C15H27N3O/c1-3-15(19)17-9-6-14(7-10-17)18-8-4-5-13(12-18)11-16-2/h11,13-14H,3-10,12H2,1-2H3/t13-/m1/s1. The van der Waals surface area contributed by atoms with Crippen molar-refractivity contribution < 1.29 is 4.79 Å². The van der Waals surface area contributed by atoms with Crippen molar-refractivity contribution in [3.63, 3.8) is 0 Å². The highest BCUT2D eigenvalue weighted by Gasteiger charge is 2.29. The van der Waals surface area contributed by atoms with Gasteiger partial charge >= 0.3 is 0 Å². The Kier molecular flexibility index (Phi) is 5.37. The highest BCUT2D eigenvalue weighted by atomic mass is 16.2. The number of rotatable bonds is 3. The van der Waals surface area contributed by atoms with Gasteiger partial charge in [0, 0.05) is 51.3 Å². The molecule has 4 nitrogen and oxygen atoms in total. The maximum atomic E-state index is 11.7. The minimum absolute atomic E-state index is 0.313. The van der Waals surface area contributed by atoms with Gasteiger partial charge in [0.25, 0.3) is 0 Å². The van der Waals surface area contributed by atoms with Gasteiger partial charge in [0.1, 0.15) is 0 Å². The number of nitrogens with zero attached hydrogens (tertiary/aromatic N) is 3. The van der Waals surface area contributed by atoms with Crippen LogP contribution in [-0.4, -0.2) is 61.2 Å². The van der Waals surface area contributed by atoms with Gasteiger partial charge in [-0.3, -0.25) is 9.69 Å². The van der Waals surface area contributed by atoms with Crippen molar-refractivity contribution in [2.45, 2.75) is 45.1 Å². The maximum absolute atomic E-state index is 11.7. The molecule has 1 atom stereocenters. The van der Waals surface area contributed by atoms with Gasteiger partial charge in [0.2, 0.25) is 5.91 Å². The zero-order valence-electron chi connectivity index (χ0n) is 12.3. The van der Waals surface area contributed by atoms with Crippen molar-refractivity contribution in [2.75, 3.05) is 33.2 Å². The maximum Gasteiger partial charge on any atom is 0.222 e. The summed E-state index contributed by atoms with van der Waals surface area (Å²) in [6.45, 7) is 6.22. The fraction of sp³-hybridized carbons (Fsp3) is 0.867. The summed E-state index contributed by atoms with van der Waals surface area (Å²) >= 11 is 0. The van der Waals surface area contributed by atoms with E-state index in [1.54, 1.807) is 0 Å². The van der Waals surface area contributed by atoms with Gasteiger partial charge in [-0.15, -0.1) is 0 Å². The number of hydrogen-bond acceptors (Lipinski definition) is 3. The average Bonchev–Trinajstić information content (AvgIpc) is 2.47. The Morgan fingerprint density at radius 1 is 1.26 bits per heavy atom. The summed E-state index contributed by atoms with van der Waals surface area (Å²) in [7, 11) is 1.87. The number of carbonyl (C=O) groups excluding carboxylic acids is 1. The molecule has 0 spiro atoms. The second-order valence-corrected chi connectivity index (χ2v) is 5.77. The Hall–Kier alpha value is -0.900. The lowest BCUT2D eigenvalue weighted by Gasteiger charge is -2.41. The molecule has 0 radical (unpaired) electrons. The third-order valence-corrected chi connectivity index (χ3v) is 4.49. The molecule has 2 rings (SSSR count). The first kappa shape index (κ1) is 14.5. The molecule has 2 aliphatic heterocycles. The molecule has 19 heavy (non-hydrogen) atoms. The molecule has 2 saturated heterocycles. The van der Waals surface area contributed by atoms with Crippen LogP contribution in [0.15, 0.2) is 4.99 Å². The summed E-state index contributed by atoms with van der Waals surface area (Å²) in [5.74, 6) is 0.946. The lowest BCUT2D eigenvalue weighted by atomic mass is 9.94. The van der Waals surface area contributed by atoms with Gasteiger partial charge in [-0.25, -0.2) is 0 Å². The predicted molar refractivity (Wildman–Crippen MR) is 78.6 cm³/mol. The zero-order valence-corrected chi connectivity index (χ0v) is 12.3. The lowest BCUT2D eigenvalue weighted by molar-refractivity contribution is -0.132. The van der Waals surface area contributed by atoms with Crippen LogP contribution in [-0.2, 0) is 4.79 Å². The van der Waals surface area contributed by atoms with Crippen LogP contribution in [0.1, 0.15) is 39.0 Å². The fourth-order valence-electron chi connectivity index (χ4n) is 3.41. The van der Waals surface area contributed by atoms with E-state index in [0.29, 0.717) is 24.3 Å². The second kappa shape index (κ2) is 7.04. The van der Waals surface area contributed by atoms with Gasteiger partial charge < -0.3 is 9.89 Å². The van der Waals surface area contributed by atoms with Gasteiger partial charge in [-0.2, -0.15) is 0 Å². The first-order chi connectivity index (χ1) is 9.24. The van der Waals surface area contributed by atoms with Crippen LogP contribution in [0.4, 0.5) is 0 Å². The molecular weight excluding hydrogens is 238 g/mol. The minimum Gasteiger partial charge on any atom is -0.343 e. The summed E-state index contributed by atoms with van der Waals surface area (Å²) in [5.41, 5.74) is 0. The predicted octanol–water partition coefficient (Wildman–Crippen LogP) is 1.80. The number of carbonyl (C=O) groups is 1. The molecule has 1 amide bonds. The zero-order chi connectivity index (χ0) is 13.7. The minimum atomic E-state index is 0.313. The summed E-state index contributed by atoms with van der Waals surface area (Å²) in [6, 6.07) is 0.675. The van der Waals surface area contributed by atoms with Crippen LogP contribution in [0.5, 0.6) is 0 Å². The van der Waals surface area contributed by atoms with Gasteiger partial charge in [0.15, 0.2) is 0 Å². The van der Waals surface area contributed by atoms with Crippen LogP contribution >= 0.6 is 0 Å². The monoisotopic (exact) mass is 265 g/mol. The number of amides is 1. The van der Waals surface area contributed by atoms with Crippen molar-refractivity contribution in [3.8, 4) is 0 Å². The molecule has 4 heteroatoms. The lowest BCUT2D eigenvalue weighted by Crippen LogP contribution is -2.49. The smallest absolute Gasteiger partial charge is 0.222 e. The number of likely N-dealkylation sites (tertiary alicyclic amines) is 2. The highest BCUT2D eigenvalue weighted by molar-refractivity contribution is 5.75. The SMILES string of the molecule is CCC(=O)N1CCC(N2CCC[C@H](C=NC)C2)CC1. The van der Waals surface area contributed by atoms with E-state index in [1.165, 1.54) is 19.4 Å². The normalized spacial score (nSPS) is 27.1. The molecule has 0 N–H and O–H groups in total. The Morgan fingerprint density at radius 3 is 2.63 bits per heavy atom. The van der Waals surface area contributed by atoms with Crippen molar-refractivity contribution in [1.29, 1.82) is 0 Å². The van der Waals surface area contributed by atoms with E-state index in [-0.39, 0.29) is 0 Å². The largest absolute Gasteiger partial charge is 0.343 e. The molecule has 2 aliphatic rings. The molecule has 2 fully saturated rings. The van der Waals surface area contributed by atoms with E-state index in [2.05, 4.69) is 16.1 Å². The number of piperidine rings is 2. The summed E-state index contributed by atoms with van der Waals surface area (Å²) in [6.07, 6.45) is 7.60. The molecule has 2 heterocycles. The first-order valence-electron chi connectivity index (χ1n) is 7.68. The average molecular weight is 265 g/mol. The van der Waals surface area contributed by atoms with Crippen LogP contribution < -0.4 is 0 Å². The van der Waals surface area contributed by atoms with Crippen LogP contribution in [0.3, 0.4) is 0 Å². The van der Waals surface area contributed by atoms with Crippen LogP contribution in [0.25, 0.3) is 0 Å². The van der Waals surface area contributed by atoms with Crippen LogP contribution in [0, 0.1) is 5.92 Å². The van der Waals surface area contributed by atoms with Gasteiger partial charge in [-0.1, -0.05) is 6.92 Å². The van der Waals surface area contributed by atoms with E-state index in [9.17, 15) is 4.79 Å². The van der Waals surface area contributed by atoms with Crippen molar-refractivity contribution >= 4 is 12.1 Å². The Labute approximate surface area is 116 Å². The molecular formula is C15H27N3O. The Balaban J connectivity index is 1.82. The summed E-state index contributed by atoms with van der Waals surface area (Å²) in [4.78, 5) is 20.5. The first-order valence-corrected chi connectivity index (χ1v) is 7.68. The number of aliphatic imine (C=N–C) groups is 1. The Bertz CT molecular complexity index is 321. The quantitative estimate of drug-likeness (QED) is 0.730. The van der Waals surface area contributed by atoms with E-state index >= 15 is 0 Å². The topological polar surface area (TPSA) is 35.9 Å². The molecule has 0 aromatic carbocycles. The van der Waals surface area contributed by atoms with Gasteiger partial charge in [0.05, 0.1) is 0 Å². The highest BCUT2D eigenvalue weighted by Crippen LogP contribution is 2.23. The summed E-state index contributed by atoms with van der Waals surface area (Å²) in [5, 5.41) is 0. The van der Waals surface area contributed by atoms with Crippen molar-refractivity contribution in [1.82, 2.24) is 9.80 Å². The fourth-order valence-corrected chi connectivity index (χ4v) is 3.41. The van der Waals surface area contributed by atoms with E-state index in [0.717, 1.165) is 32.5 Å². The molecule has 0 aromatic rings. The number of hydrogen-bond donors (Lipinski definition) is 0. The molecule has 0 saturated carbocycles. The molecule has 0 bridgehead atoms. The summed E-state index contributed by atoms with van der Waals surface area (Å²) < 4.78 is 0. The third kappa shape index (κ3) is 3.78. The van der Waals surface area contributed by atoms with E-state index in [4.69, 9.17) is 0 Å². The Morgan fingerprint density at radius 2 is 2.00 bits per heavy atom. The molecule has 0 aromatic heterocycles. The van der Waals surface area contributed by atoms with Crippen LogP contribution in [0.2, 0.25) is 0 Å². The molecule has 0 aliphatic carbocycles. The third-order valence-electron chi connectivity index (χ3n) is 4.49. The second-order valence-electron chi connectivity index (χ2n) is 5.77.